The van der Waals surface area contributed by atoms with Gasteiger partial charge in [-0.2, -0.15) is 0 Å². The number of hydrogen-bond acceptors (Lipinski definition) is 2. The SMILES string of the molecule is CN(C(=O)c1cn(-c2ccc(F)cc2F)c(=O)c2ccccc12)c1ccc(Cl)cc1. The number of anilines is 1. The molecule has 150 valence electrons. The zero-order chi connectivity index (χ0) is 21.4. The van der Waals surface area contributed by atoms with Gasteiger partial charge < -0.3 is 4.90 Å². The molecule has 1 aromatic heterocycles. The lowest BCUT2D eigenvalue weighted by molar-refractivity contribution is 0.0994. The molecule has 0 aliphatic carbocycles. The highest BCUT2D eigenvalue weighted by molar-refractivity contribution is 6.30. The van der Waals surface area contributed by atoms with Crippen molar-refractivity contribution >= 4 is 34.0 Å². The molecule has 30 heavy (non-hydrogen) atoms. The molecule has 0 saturated carbocycles. The van der Waals surface area contributed by atoms with E-state index in [2.05, 4.69) is 0 Å². The van der Waals surface area contributed by atoms with Gasteiger partial charge in [0.1, 0.15) is 11.6 Å². The van der Waals surface area contributed by atoms with E-state index in [0.29, 0.717) is 22.2 Å². The lowest BCUT2D eigenvalue weighted by atomic mass is 10.1. The molecule has 1 heterocycles. The minimum absolute atomic E-state index is 0.143. The second-order valence-electron chi connectivity index (χ2n) is 6.70. The summed E-state index contributed by atoms with van der Waals surface area (Å²) in [6, 6.07) is 16.2. The van der Waals surface area contributed by atoms with Crippen LogP contribution in [0.25, 0.3) is 16.5 Å². The highest BCUT2D eigenvalue weighted by atomic mass is 35.5. The van der Waals surface area contributed by atoms with Crippen molar-refractivity contribution in [1.82, 2.24) is 4.57 Å². The maximum Gasteiger partial charge on any atom is 0.263 e. The van der Waals surface area contributed by atoms with Gasteiger partial charge >= 0.3 is 0 Å². The summed E-state index contributed by atoms with van der Waals surface area (Å²) in [5.74, 6) is -2.06. The number of carbonyl (C=O) groups is 1. The van der Waals surface area contributed by atoms with Gasteiger partial charge in [0.25, 0.3) is 11.5 Å². The Balaban J connectivity index is 1.93. The van der Waals surface area contributed by atoms with Gasteiger partial charge in [-0.15, -0.1) is 0 Å². The molecule has 4 rings (SSSR count). The average molecular weight is 425 g/mol. The van der Waals surface area contributed by atoms with Crippen molar-refractivity contribution in [1.29, 1.82) is 0 Å². The van der Waals surface area contributed by atoms with E-state index >= 15 is 0 Å². The second-order valence-corrected chi connectivity index (χ2v) is 7.14. The number of fused-ring (bicyclic) bond motifs is 1. The van der Waals surface area contributed by atoms with Crippen molar-refractivity contribution in [2.45, 2.75) is 0 Å². The summed E-state index contributed by atoms with van der Waals surface area (Å²) in [6.07, 6.45) is 1.29. The largest absolute Gasteiger partial charge is 0.311 e. The molecule has 0 radical (unpaired) electrons. The van der Waals surface area contributed by atoms with Crippen LogP contribution in [0.3, 0.4) is 0 Å². The summed E-state index contributed by atoms with van der Waals surface area (Å²) in [5.41, 5.74) is 0.141. The van der Waals surface area contributed by atoms with Crippen molar-refractivity contribution in [2.24, 2.45) is 0 Å². The van der Waals surface area contributed by atoms with Crippen LogP contribution in [-0.2, 0) is 0 Å². The number of benzene rings is 3. The fourth-order valence-electron chi connectivity index (χ4n) is 3.28. The predicted molar refractivity (Wildman–Crippen MR) is 114 cm³/mol. The van der Waals surface area contributed by atoms with Crippen LogP contribution in [0, 0.1) is 11.6 Å². The Morgan fingerprint density at radius 1 is 0.967 bits per heavy atom. The number of nitrogens with zero attached hydrogens (tertiary/aromatic N) is 2. The Kier molecular flexibility index (Phi) is 5.10. The maximum atomic E-state index is 14.4. The maximum absolute atomic E-state index is 14.4. The molecule has 0 unspecified atom stereocenters. The molecule has 0 spiro atoms. The molecule has 0 saturated heterocycles. The predicted octanol–water partition coefficient (Wildman–Crippen LogP) is 5.20. The van der Waals surface area contributed by atoms with Crippen LogP contribution < -0.4 is 10.5 Å². The van der Waals surface area contributed by atoms with E-state index in [0.717, 1.165) is 16.7 Å². The molecule has 0 aliphatic rings. The third kappa shape index (κ3) is 3.46. The summed E-state index contributed by atoms with van der Waals surface area (Å²) in [6.45, 7) is 0. The highest BCUT2D eigenvalue weighted by Gasteiger charge is 2.20. The molecular weight excluding hydrogens is 410 g/mol. The van der Waals surface area contributed by atoms with E-state index in [9.17, 15) is 18.4 Å². The Labute approximate surface area is 175 Å². The number of carbonyl (C=O) groups excluding carboxylic acids is 1. The smallest absolute Gasteiger partial charge is 0.263 e. The molecule has 3 aromatic carbocycles. The number of aromatic nitrogens is 1. The molecule has 0 N–H and O–H groups in total. The first-order chi connectivity index (χ1) is 14.4. The van der Waals surface area contributed by atoms with E-state index in [1.165, 1.54) is 11.1 Å². The standard InChI is InChI=1S/C23H15ClF2N2O2/c1-27(16-9-6-14(24)7-10-16)22(29)19-13-28(21-11-8-15(25)12-20(21)26)23(30)18-5-3-2-4-17(18)19/h2-13H,1H3. The average Bonchev–Trinajstić information content (AvgIpc) is 2.74. The zero-order valence-electron chi connectivity index (χ0n) is 15.8. The normalized spacial score (nSPS) is 10.9. The van der Waals surface area contributed by atoms with Crippen LogP contribution in [0.4, 0.5) is 14.5 Å². The fourth-order valence-corrected chi connectivity index (χ4v) is 3.41. The van der Waals surface area contributed by atoms with Crippen molar-refractivity contribution < 1.29 is 13.6 Å². The van der Waals surface area contributed by atoms with Gasteiger partial charge in [-0.25, -0.2) is 8.78 Å². The molecule has 7 heteroatoms. The van der Waals surface area contributed by atoms with Crippen LogP contribution in [0.2, 0.25) is 5.02 Å². The third-order valence-corrected chi connectivity index (χ3v) is 5.09. The van der Waals surface area contributed by atoms with Crippen LogP contribution in [-0.4, -0.2) is 17.5 Å². The van der Waals surface area contributed by atoms with Gasteiger partial charge in [0.2, 0.25) is 0 Å². The summed E-state index contributed by atoms with van der Waals surface area (Å²) in [7, 11) is 1.59. The Morgan fingerprint density at radius 3 is 2.30 bits per heavy atom. The minimum Gasteiger partial charge on any atom is -0.311 e. The van der Waals surface area contributed by atoms with E-state index in [1.54, 1.807) is 55.6 Å². The quantitative estimate of drug-likeness (QED) is 0.453. The van der Waals surface area contributed by atoms with Crippen LogP contribution in [0.15, 0.2) is 77.7 Å². The van der Waals surface area contributed by atoms with Gasteiger partial charge in [0.15, 0.2) is 0 Å². The molecule has 1 amide bonds. The second kappa shape index (κ2) is 7.72. The van der Waals surface area contributed by atoms with Gasteiger partial charge in [0, 0.05) is 40.8 Å². The van der Waals surface area contributed by atoms with Crippen molar-refractivity contribution in [3.63, 3.8) is 0 Å². The number of amides is 1. The van der Waals surface area contributed by atoms with Crippen molar-refractivity contribution in [3.05, 3.63) is 106 Å². The summed E-state index contributed by atoms with van der Waals surface area (Å²) >= 11 is 5.92. The molecule has 0 atom stereocenters. The van der Waals surface area contributed by atoms with E-state index in [-0.39, 0.29) is 16.6 Å². The number of pyridine rings is 1. The van der Waals surface area contributed by atoms with Gasteiger partial charge in [-0.3, -0.25) is 14.2 Å². The zero-order valence-corrected chi connectivity index (χ0v) is 16.5. The first kappa shape index (κ1) is 19.8. The minimum atomic E-state index is -0.906. The Hall–Kier alpha value is -3.51. The highest BCUT2D eigenvalue weighted by Crippen LogP contribution is 2.24. The molecule has 0 bridgehead atoms. The van der Waals surface area contributed by atoms with Crippen LogP contribution in [0.1, 0.15) is 10.4 Å². The number of hydrogen-bond donors (Lipinski definition) is 0. The molecule has 0 aliphatic heterocycles. The topological polar surface area (TPSA) is 42.3 Å². The van der Waals surface area contributed by atoms with E-state index in [4.69, 9.17) is 11.6 Å². The van der Waals surface area contributed by atoms with Crippen LogP contribution in [0.5, 0.6) is 0 Å². The number of halogens is 3. The fraction of sp³-hybridized carbons (Fsp3) is 0.0435. The lowest BCUT2D eigenvalue weighted by Crippen LogP contribution is -2.29. The van der Waals surface area contributed by atoms with Gasteiger partial charge in [-0.1, -0.05) is 29.8 Å². The first-order valence-electron chi connectivity index (χ1n) is 9.00. The summed E-state index contributed by atoms with van der Waals surface area (Å²) < 4.78 is 28.8. The van der Waals surface area contributed by atoms with E-state index < -0.39 is 23.1 Å². The molecule has 4 nitrogen and oxygen atoms in total. The van der Waals surface area contributed by atoms with Crippen LogP contribution >= 0.6 is 11.6 Å². The Morgan fingerprint density at radius 2 is 1.63 bits per heavy atom. The molecule has 0 fully saturated rings. The Bertz CT molecular complexity index is 1330. The van der Waals surface area contributed by atoms with Gasteiger partial charge in [0.05, 0.1) is 11.3 Å². The third-order valence-electron chi connectivity index (χ3n) is 4.84. The summed E-state index contributed by atoms with van der Waals surface area (Å²) in [4.78, 5) is 27.7. The molecular formula is C23H15ClF2N2O2. The molecule has 4 aromatic rings. The van der Waals surface area contributed by atoms with E-state index in [1.807, 2.05) is 0 Å². The lowest BCUT2D eigenvalue weighted by Gasteiger charge is -2.20. The summed E-state index contributed by atoms with van der Waals surface area (Å²) in [5, 5.41) is 1.22. The monoisotopic (exact) mass is 424 g/mol. The number of rotatable bonds is 3. The van der Waals surface area contributed by atoms with Gasteiger partial charge in [-0.05, 0) is 42.5 Å². The first-order valence-corrected chi connectivity index (χ1v) is 9.38. The van der Waals surface area contributed by atoms with Crippen molar-refractivity contribution in [3.8, 4) is 5.69 Å². The van der Waals surface area contributed by atoms with Crippen molar-refractivity contribution in [2.75, 3.05) is 11.9 Å².